The van der Waals surface area contributed by atoms with E-state index in [-0.39, 0.29) is 23.8 Å². The Morgan fingerprint density at radius 1 is 1.05 bits per heavy atom. The summed E-state index contributed by atoms with van der Waals surface area (Å²) in [6.45, 7) is 2.63. The van der Waals surface area contributed by atoms with Crippen molar-refractivity contribution in [1.29, 1.82) is 0 Å². The monoisotopic (exact) mass is 652 g/mol. The number of amides is 3. The summed E-state index contributed by atoms with van der Waals surface area (Å²) in [6.07, 6.45) is 7.01. The van der Waals surface area contributed by atoms with Gasteiger partial charge >= 0.3 is 6.03 Å². The number of aromatic nitrogens is 1. The second-order valence-corrected chi connectivity index (χ2v) is 12.6. The van der Waals surface area contributed by atoms with Crippen LogP contribution in [-0.2, 0) is 17.6 Å². The van der Waals surface area contributed by atoms with Crippen molar-refractivity contribution in [2.45, 2.75) is 50.9 Å². The molecule has 2 saturated heterocycles. The first-order valence-electron chi connectivity index (χ1n) is 12.9. The summed E-state index contributed by atoms with van der Waals surface area (Å²) < 4.78 is 2.73. The maximum atomic E-state index is 13.3. The Kier molecular flexibility index (Phi) is 8.03. The number of primary amides is 1. The number of hydrogen-bond acceptors (Lipinski definition) is 3. The third kappa shape index (κ3) is 5.50. The average Bonchev–Trinajstić information content (AvgIpc) is 3.04. The van der Waals surface area contributed by atoms with Gasteiger partial charge in [-0.15, -0.1) is 0 Å². The van der Waals surface area contributed by atoms with Gasteiger partial charge in [-0.2, -0.15) is 4.73 Å². The Morgan fingerprint density at radius 3 is 2.41 bits per heavy atom. The zero-order valence-corrected chi connectivity index (χ0v) is 24.5. The van der Waals surface area contributed by atoms with Gasteiger partial charge in [0.1, 0.15) is 0 Å². The van der Waals surface area contributed by atoms with Gasteiger partial charge in [-0.3, -0.25) is 4.79 Å². The van der Waals surface area contributed by atoms with Crippen molar-refractivity contribution < 1.29 is 14.3 Å². The SMILES string of the molecule is NC(=O)N1CCC(CC(=O)N2CCC(C3c4ccc(Cl)c(Br)c4CCc4cc(Br)c[n+]([O-])c43)CC2)CC1. The fourth-order valence-electron chi connectivity index (χ4n) is 6.39. The number of rotatable bonds is 3. The Hall–Kier alpha value is -1.84. The molecule has 0 spiro atoms. The van der Waals surface area contributed by atoms with Gasteiger partial charge in [0.25, 0.3) is 0 Å². The summed E-state index contributed by atoms with van der Waals surface area (Å²) >= 11 is 13.7. The molecule has 10 heteroatoms. The number of carbonyl (C=O) groups is 2. The van der Waals surface area contributed by atoms with Gasteiger partial charge in [0.15, 0.2) is 6.20 Å². The molecule has 0 bridgehead atoms. The van der Waals surface area contributed by atoms with Crippen molar-refractivity contribution in [3.63, 3.8) is 0 Å². The summed E-state index contributed by atoms with van der Waals surface area (Å²) in [7, 11) is 0. The van der Waals surface area contributed by atoms with Gasteiger partial charge in [-0.05, 0) is 105 Å². The van der Waals surface area contributed by atoms with Crippen LogP contribution in [-0.4, -0.2) is 47.9 Å². The fraction of sp³-hybridized carbons (Fsp3) is 0.519. The summed E-state index contributed by atoms with van der Waals surface area (Å²) in [5.74, 6) is 0.673. The highest BCUT2D eigenvalue weighted by molar-refractivity contribution is 9.10. The standard InChI is InChI=1S/C27H31Br2ClN4O3/c28-19-14-18-1-2-21-20(3-4-22(30)25(21)29)24(26(18)34(37)15-19)17-7-11-32(12-8-17)23(35)13-16-5-9-33(10-6-16)27(31)36/h3-4,14-17,24H,1-2,5-13H2,(H2,31,36). The zero-order chi connectivity index (χ0) is 26.3. The highest BCUT2D eigenvalue weighted by Crippen LogP contribution is 2.45. The fourth-order valence-corrected chi connectivity index (χ4v) is 7.59. The average molecular weight is 655 g/mol. The van der Waals surface area contributed by atoms with Crippen molar-refractivity contribution >= 4 is 55.4 Å². The zero-order valence-electron chi connectivity index (χ0n) is 20.6. The van der Waals surface area contributed by atoms with Gasteiger partial charge in [-0.25, -0.2) is 4.79 Å². The Bertz CT molecular complexity index is 1210. The summed E-state index contributed by atoms with van der Waals surface area (Å²) in [6, 6.07) is 5.69. The quantitative estimate of drug-likeness (QED) is 0.367. The van der Waals surface area contributed by atoms with E-state index in [2.05, 4.69) is 44.0 Å². The number of benzene rings is 1. The molecule has 1 aromatic heterocycles. The Morgan fingerprint density at radius 2 is 1.73 bits per heavy atom. The van der Waals surface area contributed by atoms with E-state index >= 15 is 0 Å². The molecule has 0 saturated carbocycles. The first kappa shape index (κ1) is 26.8. The van der Waals surface area contributed by atoms with E-state index in [0.717, 1.165) is 69.0 Å². The summed E-state index contributed by atoms with van der Waals surface area (Å²) in [4.78, 5) is 28.2. The van der Waals surface area contributed by atoms with Gasteiger partial charge in [-0.1, -0.05) is 17.7 Å². The van der Waals surface area contributed by atoms with Crippen LogP contribution in [0.25, 0.3) is 0 Å². The van der Waals surface area contributed by atoms with Crippen molar-refractivity contribution in [3.05, 3.63) is 66.0 Å². The van der Waals surface area contributed by atoms with Crippen LogP contribution < -0.4 is 10.5 Å². The van der Waals surface area contributed by atoms with Crippen LogP contribution in [0.4, 0.5) is 4.79 Å². The van der Waals surface area contributed by atoms with E-state index < -0.39 is 0 Å². The van der Waals surface area contributed by atoms with Gasteiger partial charge in [0.05, 0.1) is 15.4 Å². The van der Waals surface area contributed by atoms with Crippen LogP contribution in [0.3, 0.4) is 0 Å². The maximum Gasteiger partial charge on any atom is 0.314 e. The molecule has 5 rings (SSSR count). The molecule has 1 aliphatic carbocycles. The molecule has 3 aliphatic rings. The van der Waals surface area contributed by atoms with Crippen LogP contribution in [0.1, 0.15) is 60.4 Å². The summed E-state index contributed by atoms with van der Waals surface area (Å²) in [5.41, 5.74) is 9.60. The molecule has 3 amide bonds. The van der Waals surface area contributed by atoms with E-state index in [9.17, 15) is 14.8 Å². The van der Waals surface area contributed by atoms with Crippen LogP contribution in [0.2, 0.25) is 5.02 Å². The molecule has 1 atom stereocenters. The normalized spacial score (nSPS) is 20.8. The number of nitrogens with two attached hydrogens (primary N) is 1. The van der Waals surface area contributed by atoms with Crippen molar-refractivity contribution in [2.75, 3.05) is 26.2 Å². The van der Waals surface area contributed by atoms with Crippen LogP contribution in [0.5, 0.6) is 0 Å². The van der Waals surface area contributed by atoms with Gasteiger partial charge < -0.3 is 20.7 Å². The number of nitrogens with zero attached hydrogens (tertiary/aromatic N) is 3. The molecule has 37 heavy (non-hydrogen) atoms. The molecular weight excluding hydrogens is 624 g/mol. The number of carbonyl (C=O) groups excluding carboxylic acids is 2. The second kappa shape index (κ2) is 11.1. The first-order chi connectivity index (χ1) is 17.7. The first-order valence-corrected chi connectivity index (χ1v) is 14.9. The number of hydrogen-bond donors (Lipinski definition) is 1. The van der Waals surface area contributed by atoms with Gasteiger partial charge in [0.2, 0.25) is 11.6 Å². The van der Waals surface area contributed by atoms with Crippen LogP contribution in [0, 0.1) is 17.0 Å². The van der Waals surface area contributed by atoms with E-state index in [0.29, 0.717) is 43.5 Å². The predicted octanol–water partition coefficient (Wildman–Crippen LogP) is 5.15. The smallest absolute Gasteiger partial charge is 0.314 e. The molecule has 1 aromatic carbocycles. The minimum atomic E-state index is -0.380. The van der Waals surface area contributed by atoms with Gasteiger partial charge in [0, 0.05) is 42.6 Å². The maximum absolute atomic E-state index is 13.3. The molecule has 2 fully saturated rings. The lowest BCUT2D eigenvalue weighted by Gasteiger charge is -2.37. The topological polar surface area (TPSA) is 93.6 Å². The van der Waals surface area contributed by atoms with E-state index in [4.69, 9.17) is 17.3 Å². The lowest BCUT2D eigenvalue weighted by atomic mass is 9.76. The third-order valence-corrected chi connectivity index (χ3v) is 10.3. The molecular formula is C27H31Br2ClN4O3. The third-order valence-electron chi connectivity index (χ3n) is 8.38. The molecule has 3 heterocycles. The minimum absolute atomic E-state index is 0.0537. The largest absolute Gasteiger partial charge is 0.618 e. The Labute approximate surface area is 239 Å². The van der Waals surface area contributed by atoms with E-state index in [1.807, 2.05) is 11.0 Å². The van der Waals surface area contributed by atoms with E-state index in [1.54, 1.807) is 11.1 Å². The number of pyridine rings is 1. The Balaban J connectivity index is 1.33. The van der Waals surface area contributed by atoms with Crippen LogP contribution in [0.15, 0.2) is 33.3 Å². The second-order valence-electron chi connectivity index (χ2n) is 10.5. The molecule has 0 radical (unpaired) electrons. The lowest BCUT2D eigenvalue weighted by Crippen LogP contribution is -2.44. The number of fused-ring (bicyclic) bond motifs is 2. The molecule has 2 aromatic rings. The molecule has 198 valence electrons. The van der Waals surface area contributed by atoms with E-state index in [1.165, 1.54) is 5.56 Å². The predicted molar refractivity (Wildman–Crippen MR) is 149 cm³/mol. The van der Waals surface area contributed by atoms with Crippen LogP contribution >= 0.6 is 43.5 Å². The molecule has 2 aliphatic heterocycles. The highest BCUT2D eigenvalue weighted by atomic mass is 79.9. The number of likely N-dealkylation sites (tertiary alicyclic amines) is 2. The lowest BCUT2D eigenvalue weighted by molar-refractivity contribution is -0.616. The minimum Gasteiger partial charge on any atom is -0.618 e. The summed E-state index contributed by atoms with van der Waals surface area (Å²) in [5, 5.41) is 13.9. The molecule has 7 nitrogen and oxygen atoms in total. The number of urea groups is 1. The van der Waals surface area contributed by atoms with Crippen molar-refractivity contribution in [1.82, 2.24) is 9.80 Å². The van der Waals surface area contributed by atoms with Crippen molar-refractivity contribution in [2.24, 2.45) is 17.6 Å². The van der Waals surface area contributed by atoms with Crippen molar-refractivity contribution in [3.8, 4) is 0 Å². The molecule has 2 N–H and O–H groups in total. The number of piperidine rings is 2. The molecule has 1 unspecified atom stereocenters. The number of aryl methyl sites for hydroxylation is 1. The highest BCUT2D eigenvalue weighted by Gasteiger charge is 2.39. The number of halogens is 3.